The Kier molecular flexibility index (Phi) is 4.30. The van der Waals surface area contributed by atoms with Crippen LogP contribution < -0.4 is 5.73 Å². The summed E-state index contributed by atoms with van der Waals surface area (Å²) in [6, 6.07) is 16.8. The van der Waals surface area contributed by atoms with Crippen LogP contribution in [0, 0.1) is 0 Å². The van der Waals surface area contributed by atoms with Crippen molar-refractivity contribution in [2.45, 2.75) is 25.0 Å². The van der Waals surface area contributed by atoms with E-state index < -0.39 is 6.04 Å². The summed E-state index contributed by atoms with van der Waals surface area (Å²) in [4.78, 5) is 16.4. The van der Waals surface area contributed by atoms with Gasteiger partial charge in [0.1, 0.15) is 12.6 Å². The summed E-state index contributed by atoms with van der Waals surface area (Å²) in [6.45, 7) is 0.253. The summed E-state index contributed by atoms with van der Waals surface area (Å²) in [5, 5.41) is 0. The number of para-hydroxylation sites is 1. The summed E-state index contributed by atoms with van der Waals surface area (Å²) < 4.78 is 5.28. The molecule has 0 spiro atoms. The van der Waals surface area contributed by atoms with Crippen LogP contribution in [-0.2, 0) is 16.1 Å². The Bertz CT molecular complexity index is 682. The average molecular weight is 294 g/mol. The predicted octanol–water partition coefficient (Wildman–Crippen LogP) is 2.95. The molecule has 0 aliphatic carbocycles. The lowest BCUT2D eigenvalue weighted by atomic mass is 9.94. The van der Waals surface area contributed by atoms with Gasteiger partial charge in [-0.05, 0) is 23.6 Å². The fraction of sp³-hybridized carbons (Fsp3) is 0.222. The predicted molar refractivity (Wildman–Crippen MR) is 86.2 cm³/mol. The standard InChI is InChI=1S/C18H18N2O2/c19-16(18(21)22-12-13-6-2-1-3-7-13)10-14-11-20-17-9-5-4-8-15(14)17/h1-9,11,14,16H,10,12,19H2/t14?,16-/m1/s1. The number of esters is 1. The summed E-state index contributed by atoms with van der Waals surface area (Å²) >= 11 is 0. The topological polar surface area (TPSA) is 64.7 Å². The molecule has 1 heterocycles. The Morgan fingerprint density at radius 2 is 1.86 bits per heavy atom. The Morgan fingerprint density at radius 3 is 2.68 bits per heavy atom. The quantitative estimate of drug-likeness (QED) is 0.862. The molecule has 0 bridgehead atoms. The molecule has 2 N–H and O–H groups in total. The minimum Gasteiger partial charge on any atom is -0.460 e. The van der Waals surface area contributed by atoms with Crippen LogP contribution >= 0.6 is 0 Å². The molecule has 2 aromatic rings. The second-order valence-electron chi connectivity index (χ2n) is 5.38. The Balaban J connectivity index is 1.55. The molecule has 1 aliphatic heterocycles. The zero-order valence-corrected chi connectivity index (χ0v) is 12.2. The third kappa shape index (κ3) is 3.23. The first-order valence-electron chi connectivity index (χ1n) is 7.33. The SMILES string of the molecule is N[C@H](CC1C=Nc2ccccc21)C(=O)OCc1ccccc1. The number of hydrogen-bond acceptors (Lipinski definition) is 4. The van der Waals surface area contributed by atoms with E-state index in [4.69, 9.17) is 10.5 Å². The summed E-state index contributed by atoms with van der Waals surface area (Å²) in [5.74, 6) is -0.294. The van der Waals surface area contributed by atoms with Gasteiger partial charge in [-0.1, -0.05) is 48.5 Å². The molecule has 0 amide bonds. The largest absolute Gasteiger partial charge is 0.460 e. The molecule has 0 fully saturated rings. The smallest absolute Gasteiger partial charge is 0.323 e. The molecule has 0 saturated heterocycles. The van der Waals surface area contributed by atoms with Gasteiger partial charge in [0.15, 0.2) is 0 Å². The van der Waals surface area contributed by atoms with Crippen molar-refractivity contribution in [3.05, 3.63) is 65.7 Å². The first-order chi connectivity index (χ1) is 10.7. The number of carbonyl (C=O) groups excluding carboxylic acids is 1. The van der Waals surface area contributed by atoms with E-state index >= 15 is 0 Å². The first kappa shape index (κ1) is 14.5. The van der Waals surface area contributed by atoms with Crippen LogP contribution in [0.4, 0.5) is 5.69 Å². The molecular weight excluding hydrogens is 276 g/mol. The zero-order chi connectivity index (χ0) is 15.4. The molecule has 0 aromatic heterocycles. The molecule has 22 heavy (non-hydrogen) atoms. The molecule has 4 heteroatoms. The maximum absolute atomic E-state index is 12.0. The molecule has 2 atom stereocenters. The van der Waals surface area contributed by atoms with Gasteiger partial charge in [0.05, 0.1) is 5.69 Å². The lowest BCUT2D eigenvalue weighted by Gasteiger charge is -2.15. The highest BCUT2D eigenvalue weighted by molar-refractivity contribution is 5.82. The fourth-order valence-corrected chi connectivity index (χ4v) is 2.56. The van der Waals surface area contributed by atoms with Crippen LogP contribution in [0.1, 0.15) is 23.5 Å². The number of ether oxygens (including phenoxy) is 1. The maximum atomic E-state index is 12.0. The number of benzene rings is 2. The van der Waals surface area contributed by atoms with Gasteiger partial charge >= 0.3 is 5.97 Å². The maximum Gasteiger partial charge on any atom is 0.323 e. The van der Waals surface area contributed by atoms with E-state index in [1.54, 1.807) is 0 Å². The highest BCUT2D eigenvalue weighted by atomic mass is 16.5. The van der Waals surface area contributed by atoms with Crippen LogP contribution in [-0.4, -0.2) is 18.2 Å². The van der Waals surface area contributed by atoms with Crippen molar-refractivity contribution < 1.29 is 9.53 Å². The number of nitrogens with two attached hydrogens (primary N) is 1. The second-order valence-corrected chi connectivity index (χ2v) is 5.38. The van der Waals surface area contributed by atoms with Crippen LogP contribution in [0.2, 0.25) is 0 Å². The fourth-order valence-electron chi connectivity index (χ4n) is 2.56. The highest BCUT2D eigenvalue weighted by Crippen LogP contribution is 2.34. The average Bonchev–Trinajstić information content (AvgIpc) is 2.97. The van der Waals surface area contributed by atoms with Gasteiger partial charge in [-0.15, -0.1) is 0 Å². The molecule has 1 aliphatic rings. The number of aliphatic imine (C=N–C) groups is 1. The molecule has 3 rings (SSSR count). The summed E-state index contributed by atoms with van der Waals surface area (Å²) in [7, 11) is 0. The van der Waals surface area contributed by atoms with Crippen molar-refractivity contribution in [1.82, 2.24) is 0 Å². The van der Waals surface area contributed by atoms with Crippen LogP contribution in [0.25, 0.3) is 0 Å². The third-order valence-electron chi connectivity index (χ3n) is 3.76. The van der Waals surface area contributed by atoms with Gasteiger partial charge in [-0.25, -0.2) is 0 Å². The van der Waals surface area contributed by atoms with Gasteiger partial charge in [0.2, 0.25) is 0 Å². The monoisotopic (exact) mass is 294 g/mol. The Morgan fingerprint density at radius 1 is 1.14 bits per heavy atom. The van der Waals surface area contributed by atoms with Crippen LogP contribution in [0.5, 0.6) is 0 Å². The second kappa shape index (κ2) is 6.54. The minimum atomic E-state index is -0.647. The van der Waals surface area contributed by atoms with E-state index in [9.17, 15) is 4.79 Å². The van der Waals surface area contributed by atoms with E-state index in [1.807, 2.05) is 60.8 Å². The lowest BCUT2D eigenvalue weighted by molar-refractivity contribution is -0.146. The van der Waals surface area contributed by atoms with Crippen LogP contribution in [0.15, 0.2) is 59.6 Å². The van der Waals surface area contributed by atoms with Gasteiger partial charge in [0.25, 0.3) is 0 Å². The van der Waals surface area contributed by atoms with Crippen molar-refractivity contribution >= 4 is 17.9 Å². The molecule has 0 saturated carbocycles. The molecule has 1 unspecified atom stereocenters. The molecular formula is C18H18N2O2. The summed E-state index contributed by atoms with van der Waals surface area (Å²) in [5.41, 5.74) is 9.01. The molecule has 4 nitrogen and oxygen atoms in total. The molecule has 0 radical (unpaired) electrons. The van der Waals surface area contributed by atoms with Crippen molar-refractivity contribution in [2.75, 3.05) is 0 Å². The van der Waals surface area contributed by atoms with E-state index in [1.165, 1.54) is 0 Å². The number of nitrogens with zero attached hydrogens (tertiary/aromatic N) is 1. The molecule has 2 aromatic carbocycles. The Hall–Kier alpha value is -2.46. The van der Waals surface area contributed by atoms with Crippen molar-refractivity contribution in [3.63, 3.8) is 0 Å². The van der Waals surface area contributed by atoms with Crippen molar-refractivity contribution in [1.29, 1.82) is 0 Å². The van der Waals surface area contributed by atoms with Crippen molar-refractivity contribution in [3.8, 4) is 0 Å². The summed E-state index contributed by atoms with van der Waals surface area (Å²) in [6.07, 6.45) is 2.36. The first-order valence-corrected chi connectivity index (χ1v) is 7.33. The number of hydrogen-bond donors (Lipinski definition) is 1. The van der Waals surface area contributed by atoms with E-state index in [2.05, 4.69) is 4.99 Å². The van der Waals surface area contributed by atoms with Gasteiger partial charge < -0.3 is 10.5 Å². The van der Waals surface area contributed by atoms with Crippen LogP contribution in [0.3, 0.4) is 0 Å². The normalized spacial score (nSPS) is 17.0. The molecule has 112 valence electrons. The minimum absolute atomic E-state index is 0.0791. The van der Waals surface area contributed by atoms with Gasteiger partial charge in [-0.3, -0.25) is 9.79 Å². The van der Waals surface area contributed by atoms with Crippen molar-refractivity contribution in [2.24, 2.45) is 10.7 Å². The zero-order valence-electron chi connectivity index (χ0n) is 12.2. The van der Waals surface area contributed by atoms with E-state index in [0.29, 0.717) is 6.42 Å². The number of carbonyl (C=O) groups is 1. The van der Waals surface area contributed by atoms with Gasteiger partial charge in [-0.2, -0.15) is 0 Å². The lowest BCUT2D eigenvalue weighted by Crippen LogP contribution is -2.33. The van der Waals surface area contributed by atoms with E-state index in [0.717, 1.165) is 16.8 Å². The van der Waals surface area contributed by atoms with E-state index in [-0.39, 0.29) is 18.5 Å². The Labute approximate surface area is 129 Å². The highest BCUT2D eigenvalue weighted by Gasteiger charge is 2.25. The number of rotatable bonds is 5. The number of fused-ring (bicyclic) bond motifs is 1. The van der Waals surface area contributed by atoms with Gasteiger partial charge in [0, 0.05) is 12.1 Å². The third-order valence-corrected chi connectivity index (χ3v) is 3.76.